The first-order chi connectivity index (χ1) is 10.2. The van der Waals surface area contributed by atoms with Gasteiger partial charge in [-0.3, -0.25) is 0 Å². The molecule has 1 aliphatic rings. The van der Waals surface area contributed by atoms with Crippen LogP contribution in [0, 0.1) is 0 Å². The second-order valence-corrected chi connectivity index (χ2v) is 6.75. The fourth-order valence-corrected chi connectivity index (χ4v) is 2.63. The number of rotatable bonds is 7. The lowest BCUT2D eigenvalue weighted by atomic mass is 10.2. The van der Waals surface area contributed by atoms with Gasteiger partial charge in [-0.05, 0) is 24.3 Å². The van der Waals surface area contributed by atoms with E-state index in [1.807, 2.05) is 12.3 Å². The summed E-state index contributed by atoms with van der Waals surface area (Å²) in [5, 5.41) is 5.57. The SMILES string of the molecule is CC(C)c1ncc(OCc2cccs2)c(CNC2CC2)n1. The molecule has 0 aliphatic heterocycles. The van der Waals surface area contributed by atoms with Gasteiger partial charge in [0, 0.05) is 23.4 Å². The molecule has 3 rings (SSSR count). The van der Waals surface area contributed by atoms with Gasteiger partial charge in [-0.15, -0.1) is 11.3 Å². The van der Waals surface area contributed by atoms with Crippen molar-refractivity contribution in [3.8, 4) is 5.75 Å². The van der Waals surface area contributed by atoms with E-state index in [1.54, 1.807) is 11.3 Å². The third-order valence-electron chi connectivity index (χ3n) is 3.45. The Hall–Kier alpha value is -1.46. The first-order valence-corrected chi connectivity index (χ1v) is 8.34. The van der Waals surface area contributed by atoms with Gasteiger partial charge in [0.2, 0.25) is 0 Å². The fourth-order valence-electron chi connectivity index (χ4n) is 2.02. The molecule has 0 amide bonds. The molecule has 2 aromatic rings. The van der Waals surface area contributed by atoms with Gasteiger partial charge < -0.3 is 10.1 Å². The van der Waals surface area contributed by atoms with E-state index in [0.29, 0.717) is 18.6 Å². The van der Waals surface area contributed by atoms with E-state index in [0.717, 1.165) is 23.8 Å². The predicted octanol–water partition coefficient (Wildman–Crippen LogP) is 3.49. The first-order valence-electron chi connectivity index (χ1n) is 7.46. The highest BCUT2D eigenvalue weighted by Gasteiger charge is 2.21. The molecule has 21 heavy (non-hydrogen) atoms. The van der Waals surface area contributed by atoms with Crippen LogP contribution in [0.4, 0.5) is 0 Å². The van der Waals surface area contributed by atoms with Gasteiger partial charge >= 0.3 is 0 Å². The van der Waals surface area contributed by atoms with Crippen LogP contribution in [-0.4, -0.2) is 16.0 Å². The Morgan fingerprint density at radius 2 is 2.29 bits per heavy atom. The molecular weight excluding hydrogens is 282 g/mol. The third kappa shape index (κ3) is 4.02. The lowest BCUT2D eigenvalue weighted by Gasteiger charge is -2.13. The van der Waals surface area contributed by atoms with Crippen molar-refractivity contribution >= 4 is 11.3 Å². The quantitative estimate of drug-likeness (QED) is 0.850. The molecule has 0 unspecified atom stereocenters. The van der Waals surface area contributed by atoms with Crippen LogP contribution in [0.15, 0.2) is 23.7 Å². The Kier molecular flexibility index (Phi) is 4.51. The molecule has 4 nitrogen and oxygen atoms in total. The van der Waals surface area contributed by atoms with Gasteiger partial charge in [-0.25, -0.2) is 9.97 Å². The fraction of sp³-hybridized carbons (Fsp3) is 0.500. The minimum Gasteiger partial charge on any atom is -0.484 e. The minimum absolute atomic E-state index is 0.330. The van der Waals surface area contributed by atoms with Gasteiger partial charge in [-0.2, -0.15) is 0 Å². The van der Waals surface area contributed by atoms with Crippen LogP contribution < -0.4 is 10.1 Å². The highest BCUT2D eigenvalue weighted by Crippen LogP contribution is 2.23. The van der Waals surface area contributed by atoms with Gasteiger partial charge in [0.05, 0.1) is 11.9 Å². The molecule has 0 radical (unpaired) electrons. The maximum Gasteiger partial charge on any atom is 0.160 e. The van der Waals surface area contributed by atoms with Crippen molar-refractivity contribution in [2.75, 3.05) is 0 Å². The molecule has 1 N–H and O–H groups in total. The number of hydrogen-bond acceptors (Lipinski definition) is 5. The molecule has 112 valence electrons. The largest absolute Gasteiger partial charge is 0.484 e. The summed E-state index contributed by atoms with van der Waals surface area (Å²) in [6, 6.07) is 4.78. The van der Waals surface area contributed by atoms with Crippen molar-refractivity contribution in [1.82, 2.24) is 15.3 Å². The Labute approximate surface area is 129 Å². The second kappa shape index (κ2) is 6.54. The normalized spacial score (nSPS) is 14.6. The van der Waals surface area contributed by atoms with Crippen LogP contribution in [0.25, 0.3) is 0 Å². The zero-order chi connectivity index (χ0) is 14.7. The molecule has 1 saturated carbocycles. The molecule has 1 aliphatic carbocycles. The van der Waals surface area contributed by atoms with Crippen molar-refractivity contribution in [1.29, 1.82) is 0 Å². The average Bonchev–Trinajstić information content (AvgIpc) is 3.17. The molecular formula is C16H21N3OS. The zero-order valence-electron chi connectivity index (χ0n) is 12.5. The molecule has 0 bridgehead atoms. The zero-order valence-corrected chi connectivity index (χ0v) is 13.3. The van der Waals surface area contributed by atoms with Crippen LogP contribution >= 0.6 is 11.3 Å². The summed E-state index contributed by atoms with van der Waals surface area (Å²) in [7, 11) is 0. The first kappa shape index (κ1) is 14.5. The van der Waals surface area contributed by atoms with Gasteiger partial charge in [0.15, 0.2) is 5.75 Å². The number of nitrogens with one attached hydrogen (secondary N) is 1. The molecule has 5 heteroatoms. The smallest absolute Gasteiger partial charge is 0.160 e. The van der Waals surface area contributed by atoms with Crippen LogP contribution in [-0.2, 0) is 13.2 Å². The van der Waals surface area contributed by atoms with Crippen molar-refractivity contribution in [3.05, 3.63) is 40.1 Å². The predicted molar refractivity (Wildman–Crippen MR) is 84.6 cm³/mol. The third-order valence-corrected chi connectivity index (χ3v) is 4.30. The molecule has 1 fully saturated rings. The second-order valence-electron chi connectivity index (χ2n) is 5.72. The van der Waals surface area contributed by atoms with Crippen molar-refractivity contribution < 1.29 is 4.74 Å². The van der Waals surface area contributed by atoms with E-state index >= 15 is 0 Å². The number of hydrogen-bond donors (Lipinski definition) is 1. The molecule has 0 atom stereocenters. The average molecular weight is 303 g/mol. The van der Waals surface area contributed by atoms with Crippen molar-refractivity contribution in [2.24, 2.45) is 0 Å². The van der Waals surface area contributed by atoms with Crippen molar-refractivity contribution in [3.63, 3.8) is 0 Å². The maximum atomic E-state index is 5.91. The Morgan fingerprint density at radius 3 is 2.95 bits per heavy atom. The minimum atomic E-state index is 0.330. The summed E-state index contributed by atoms with van der Waals surface area (Å²) >= 11 is 1.70. The summed E-state index contributed by atoms with van der Waals surface area (Å²) in [6.45, 7) is 5.56. The molecule has 2 heterocycles. The van der Waals surface area contributed by atoms with Crippen LogP contribution in [0.5, 0.6) is 5.75 Å². The lowest BCUT2D eigenvalue weighted by Crippen LogP contribution is -2.18. The highest BCUT2D eigenvalue weighted by atomic mass is 32.1. The number of thiophene rings is 1. The van der Waals surface area contributed by atoms with Crippen LogP contribution in [0.3, 0.4) is 0 Å². The molecule has 0 saturated heterocycles. The topological polar surface area (TPSA) is 47.0 Å². The van der Waals surface area contributed by atoms with E-state index in [-0.39, 0.29) is 0 Å². The van der Waals surface area contributed by atoms with Crippen LogP contribution in [0.1, 0.15) is 49.0 Å². The van der Waals surface area contributed by atoms with Crippen LogP contribution in [0.2, 0.25) is 0 Å². The maximum absolute atomic E-state index is 5.91. The lowest BCUT2D eigenvalue weighted by molar-refractivity contribution is 0.301. The summed E-state index contributed by atoms with van der Waals surface area (Å²) in [6.07, 6.45) is 4.36. The summed E-state index contributed by atoms with van der Waals surface area (Å²) in [4.78, 5) is 10.3. The van der Waals surface area contributed by atoms with Gasteiger partial charge in [0.25, 0.3) is 0 Å². The van der Waals surface area contributed by atoms with E-state index in [2.05, 4.69) is 40.6 Å². The summed E-state index contributed by atoms with van der Waals surface area (Å²) < 4.78 is 5.91. The Bertz CT molecular complexity index is 579. The number of nitrogens with zero attached hydrogens (tertiary/aromatic N) is 2. The van der Waals surface area contributed by atoms with E-state index in [9.17, 15) is 0 Å². The van der Waals surface area contributed by atoms with Gasteiger partial charge in [-0.1, -0.05) is 19.9 Å². The van der Waals surface area contributed by atoms with Gasteiger partial charge in [0.1, 0.15) is 12.4 Å². The van der Waals surface area contributed by atoms with Crippen molar-refractivity contribution in [2.45, 2.75) is 51.8 Å². The Morgan fingerprint density at radius 1 is 1.43 bits per heavy atom. The monoisotopic (exact) mass is 303 g/mol. The van der Waals surface area contributed by atoms with E-state index in [4.69, 9.17) is 4.74 Å². The molecule has 0 aromatic carbocycles. The van der Waals surface area contributed by atoms with E-state index in [1.165, 1.54) is 17.7 Å². The number of aromatic nitrogens is 2. The standard InChI is InChI=1S/C16H21N3OS/c1-11(2)16-18-9-15(20-10-13-4-3-7-21-13)14(19-16)8-17-12-5-6-12/h3-4,7,9,11-12,17H,5-6,8,10H2,1-2H3. The summed E-state index contributed by atoms with van der Waals surface area (Å²) in [5.41, 5.74) is 0.970. The number of ether oxygens (including phenoxy) is 1. The summed E-state index contributed by atoms with van der Waals surface area (Å²) in [5.74, 6) is 2.00. The molecule has 2 aromatic heterocycles. The molecule has 0 spiro atoms. The Balaban J connectivity index is 1.72. The highest BCUT2D eigenvalue weighted by molar-refractivity contribution is 7.09. The van der Waals surface area contributed by atoms with E-state index < -0.39 is 0 Å².